The van der Waals surface area contributed by atoms with Crippen LogP contribution in [0.1, 0.15) is 23.5 Å². The number of aryl methyl sites for hydroxylation is 1. The second-order valence-corrected chi connectivity index (χ2v) is 6.85. The summed E-state index contributed by atoms with van der Waals surface area (Å²) in [5, 5.41) is 3.69. The third kappa shape index (κ3) is 3.99. The van der Waals surface area contributed by atoms with Gasteiger partial charge in [-0.25, -0.2) is 4.98 Å². The van der Waals surface area contributed by atoms with E-state index >= 15 is 0 Å². The van der Waals surface area contributed by atoms with Crippen LogP contribution in [0.25, 0.3) is 0 Å². The van der Waals surface area contributed by atoms with Gasteiger partial charge < -0.3 is 9.64 Å². The number of halogens is 1. The summed E-state index contributed by atoms with van der Waals surface area (Å²) in [6.07, 6.45) is 2.13. The molecule has 0 radical (unpaired) electrons. The number of benzene rings is 1. The Morgan fingerprint density at radius 1 is 1.41 bits per heavy atom. The number of nitrogens with zero attached hydrogens (tertiary/aromatic N) is 2. The predicted molar refractivity (Wildman–Crippen MR) is 87.4 cm³/mol. The largest absolute Gasteiger partial charge is 0.484 e. The number of aromatic nitrogens is 1. The summed E-state index contributed by atoms with van der Waals surface area (Å²) in [7, 11) is 0. The highest BCUT2D eigenvalue weighted by atomic mass is 35.5. The number of hydrogen-bond donors (Lipinski definition) is 0. The molecule has 0 unspecified atom stereocenters. The van der Waals surface area contributed by atoms with Crippen LogP contribution in [0.5, 0.6) is 5.75 Å². The minimum Gasteiger partial charge on any atom is -0.484 e. The van der Waals surface area contributed by atoms with Crippen LogP contribution in [0.4, 0.5) is 0 Å². The number of ether oxygens (including phenoxy) is 1. The summed E-state index contributed by atoms with van der Waals surface area (Å²) >= 11 is 7.44. The molecule has 1 aliphatic rings. The summed E-state index contributed by atoms with van der Waals surface area (Å²) in [6.45, 7) is 2.58. The molecule has 0 N–H and O–H groups in total. The number of rotatable bonds is 6. The van der Waals surface area contributed by atoms with Crippen LogP contribution in [0.2, 0.25) is 5.02 Å². The second kappa shape index (κ2) is 6.67. The highest BCUT2D eigenvalue weighted by molar-refractivity contribution is 7.09. The van der Waals surface area contributed by atoms with E-state index in [1.54, 1.807) is 35.6 Å². The summed E-state index contributed by atoms with van der Waals surface area (Å²) < 4.78 is 5.56. The molecule has 1 saturated carbocycles. The molecule has 1 fully saturated rings. The first-order chi connectivity index (χ1) is 10.6. The van der Waals surface area contributed by atoms with Crippen molar-refractivity contribution in [2.24, 2.45) is 0 Å². The maximum absolute atomic E-state index is 12.4. The Hall–Kier alpha value is -1.59. The molecule has 22 heavy (non-hydrogen) atoms. The third-order valence-corrected chi connectivity index (χ3v) is 4.56. The molecule has 3 rings (SSSR count). The topological polar surface area (TPSA) is 42.4 Å². The zero-order valence-electron chi connectivity index (χ0n) is 12.3. The first-order valence-electron chi connectivity index (χ1n) is 7.20. The molecule has 6 heteroatoms. The molecule has 0 spiro atoms. The van der Waals surface area contributed by atoms with Crippen molar-refractivity contribution in [3.63, 3.8) is 0 Å². The van der Waals surface area contributed by atoms with Crippen molar-refractivity contribution in [1.29, 1.82) is 0 Å². The van der Waals surface area contributed by atoms with Gasteiger partial charge in [-0.3, -0.25) is 4.79 Å². The van der Waals surface area contributed by atoms with Gasteiger partial charge in [-0.2, -0.15) is 0 Å². The van der Waals surface area contributed by atoms with Crippen LogP contribution in [0, 0.1) is 6.92 Å². The normalized spacial score (nSPS) is 13.9. The van der Waals surface area contributed by atoms with Crippen LogP contribution in [0.15, 0.2) is 29.6 Å². The zero-order chi connectivity index (χ0) is 15.5. The van der Waals surface area contributed by atoms with Crippen molar-refractivity contribution in [1.82, 2.24) is 9.88 Å². The van der Waals surface area contributed by atoms with Crippen LogP contribution in [-0.4, -0.2) is 28.4 Å². The average molecular weight is 337 g/mol. The number of thiazole rings is 1. The molecule has 0 aliphatic heterocycles. The van der Waals surface area contributed by atoms with Gasteiger partial charge in [0, 0.05) is 16.4 Å². The van der Waals surface area contributed by atoms with Gasteiger partial charge in [0.05, 0.1) is 17.2 Å². The molecule has 0 saturated heterocycles. The fourth-order valence-electron chi connectivity index (χ4n) is 2.22. The van der Waals surface area contributed by atoms with E-state index in [0.717, 1.165) is 23.5 Å². The van der Waals surface area contributed by atoms with Gasteiger partial charge in [0.25, 0.3) is 5.91 Å². The lowest BCUT2D eigenvalue weighted by Crippen LogP contribution is -2.36. The Labute approximate surface area is 138 Å². The van der Waals surface area contributed by atoms with Crippen molar-refractivity contribution in [2.75, 3.05) is 6.61 Å². The number of hydrogen-bond acceptors (Lipinski definition) is 4. The highest BCUT2D eigenvalue weighted by Crippen LogP contribution is 2.29. The number of carbonyl (C=O) groups excluding carboxylic acids is 1. The molecular formula is C16H17ClN2O2S. The molecule has 0 bridgehead atoms. The first kappa shape index (κ1) is 15.3. The molecule has 2 aromatic rings. The van der Waals surface area contributed by atoms with Gasteiger partial charge in [0.1, 0.15) is 5.75 Å². The van der Waals surface area contributed by atoms with E-state index in [9.17, 15) is 4.79 Å². The van der Waals surface area contributed by atoms with Gasteiger partial charge >= 0.3 is 0 Å². The molecule has 0 atom stereocenters. The van der Waals surface area contributed by atoms with Crippen molar-refractivity contribution in [2.45, 2.75) is 32.4 Å². The third-order valence-electron chi connectivity index (χ3n) is 3.48. The van der Waals surface area contributed by atoms with E-state index in [1.807, 2.05) is 17.2 Å². The summed E-state index contributed by atoms with van der Waals surface area (Å²) in [6, 6.07) is 7.36. The van der Waals surface area contributed by atoms with Crippen molar-refractivity contribution >= 4 is 28.8 Å². The molecule has 1 heterocycles. The summed E-state index contributed by atoms with van der Waals surface area (Å²) in [5.74, 6) is 0.654. The molecule has 116 valence electrons. The zero-order valence-corrected chi connectivity index (χ0v) is 13.9. The summed E-state index contributed by atoms with van der Waals surface area (Å²) in [4.78, 5) is 18.7. The average Bonchev–Trinajstić information content (AvgIpc) is 3.26. The van der Waals surface area contributed by atoms with Crippen molar-refractivity contribution in [3.05, 3.63) is 45.4 Å². The Bertz CT molecular complexity index is 652. The quantitative estimate of drug-likeness (QED) is 0.808. The van der Waals surface area contributed by atoms with Crippen LogP contribution in [-0.2, 0) is 11.3 Å². The number of amides is 1. The first-order valence-corrected chi connectivity index (χ1v) is 8.46. The van der Waals surface area contributed by atoms with Gasteiger partial charge in [-0.15, -0.1) is 11.3 Å². The second-order valence-electron chi connectivity index (χ2n) is 5.35. The molecular weight excluding hydrogens is 320 g/mol. The maximum Gasteiger partial charge on any atom is 0.261 e. The van der Waals surface area contributed by atoms with E-state index in [2.05, 4.69) is 4.98 Å². The SMILES string of the molecule is Cc1nc(CN(C(=O)COc2ccc(Cl)cc2)C2CC2)cs1. The van der Waals surface area contributed by atoms with E-state index in [1.165, 1.54) is 0 Å². The maximum atomic E-state index is 12.4. The fourth-order valence-corrected chi connectivity index (χ4v) is 2.95. The highest BCUT2D eigenvalue weighted by Gasteiger charge is 2.33. The minimum atomic E-state index is 0.00287. The minimum absolute atomic E-state index is 0.00287. The van der Waals surface area contributed by atoms with Crippen LogP contribution < -0.4 is 4.74 Å². The van der Waals surface area contributed by atoms with Gasteiger partial charge in [0.2, 0.25) is 0 Å². The van der Waals surface area contributed by atoms with Gasteiger partial charge in [-0.1, -0.05) is 11.6 Å². The summed E-state index contributed by atoms with van der Waals surface area (Å²) in [5.41, 5.74) is 0.953. The van der Waals surface area contributed by atoms with Gasteiger partial charge in [0.15, 0.2) is 6.61 Å². The Morgan fingerprint density at radius 3 is 2.73 bits per heavy atom. The van der Waals surface area contributed by atoms with Crippen LogP contribution in [0.3, 0.4) is 0 Å². The van der Waals surface area contributed by atoms with E-state index in [4.69, 9.17) is 16.3 Å². The van der Waals surface area contributed by atoms with Crippen molar-refractivity contribution in [3.8, 4) is 5.75 Å². The van der Waals surface area contributed by atoms with Gasteiger partial charge in [-0.05, 0) is 44.0 Å². The molecule has 1 aromatic carbocycles. The smallest absolute Gasteiger partial charge is 0.261 e. The lowest BCUT2D eigenvalue weighted by atomic mass is 10.3. The lowest BCUT2D eigenvalue weighted by Gasteiger charge is -2.21. The van der Waals surface area contributed by atoms with Crippen LogP contribution >= 0.6 is 22.9 Å². The standard InChI is InChI=1S/C16H17ClN2O2S/c1-11-18-13(10-22-11)8-19(14-4-5-14)16(20)9-21-15-6-2-12(17)3-7-15/h2-3,6-7,10,14H,4-5,8-9H2,1H3. The predicted octanol–water partition coefficient (Wildman–Crippen LogP) is 3.67. The Balaban J connectivity index is 1.59. The molecule has 1 aliphatic carbocycles. The van der Waals surface area contributed by atoms with E-state index in [0.29, 0.717) is 23.4 Å². The monoisotopic (exact) mass is 336 g/mol. The van der Waals surface area contributed by atoms with E-state index in [-0.39, 0.29) is 12.5 Å². The number of carbonyl (C=O) groups is 1. The molecule has 1 amide bonds. The Kier molecular flexibility index (Phi) is 4.64. The lowest BCUT2D eigenvalue weighted by molar-refractivity contribution is -0.134. The van der Waals surface area contributed by atoms with E-state index < -0.39 is 0 Å². The van der Waals surface area contributed by atoms with Crippen molar-refractivity contribution < 1.29 is 9.53 Å². The molecule has 4 nitrogen and oxygen atoms in total. The fraction of sp³-hybridized carbons (Fsp3) is 0.375. The molecule has 1 aromatic heterocycles. The Morgan fingerprint density at radius 2 is 2.14 bits per heavy atom.